The number of benzene rings is 1. The quantitative estimate of drug-likeness (QED) is 0.374. The van der Waals surface area contributed by atoms with Crippen LogP contribution >= 0.6 is 0 Å². The summed E-state index contributed by atoms with van der Waals surface area (Å²) < 4.78 is 24.6. The fourth-order valence-corrected chi connectivity index (χ4v) is 3.79. The third-order valence-corrected chi connectivity index (χ3v) is 5.52. The standard InChI is InChI=1S/C15H23NO4S/c1-2-3-4-5-6-10-13-15(16(17)18)21(19,20)14-11-8-7-9-12-14/h7-9,11-12,15H,2-6,10,13H2,1H3. The summed E-state index contributed by atoms with van der Waals surface area (Å²) in [6.45, 7) is 2.12. The van der Waals surface area contributed by atoms with Crippen LogP contribution in [-0.4, -0.2) is 18.7 Å². The van der Waals surface area contributed by atoms with Gasteiger partial charge < -0.3 is 0 Å². The van der Waals surface area contributed by atoms with E-state index in [0.717, 1.165) is 32.1 Å². The maximum absolute atomic E-state index is 12.3. The zero-order chi connectivity index (χ0) is 15.7. The monoisotopic (exact) mass is 313 g/mol. The predicted molar refractivity (Wildman–Crippen MR) is 82.4 cm³/mol. The highest BCUT2D eigenvalue weighted by molar-refractivity contribution is 7.91. The topological polar surface area (TPSA) is 77.3 Å². The summed E-state index contributed by atoms with van der Waals surface area (Å²) >= 11 is 0. The van der Waals surface area contributed by atoms with Crippen LogP contribution in [0.2, 0.25) is 0 Å². The molecule has 1 unspecified atom stereocenters. The van der Waals surface area contributed by atoms with E-state index in [1.165, 1.54) is 12.1 Å². The highest BCUT2D eigenvalue weighted by atomic mass is 32.2. The lowest BCUT2D eigenvalue weighted by atomic mass is 10.1. The molecule has 0 bridgehead atoms. The van der Waals surface area contributed by atoms with E-state index in [1.807, 2.05) is 0 Å². The van der Waals surface area contributed by atoms with E-state index in [2.05, 4.69) is 6.92 Å². The molecule has 0 heterocycles. The number of hydrogen-bond donors (Lipinski definition) is 0. The maximum atomic E-state index is 12.3. The Morgan fingerprint density at radius 3 is 2.19 bits per heavy atom. The van der Waals surface area contributed by atoms with Gasteiger partial charge in [-0.05, 0) is 18.6 Å². The first-order valence-electron chi connectivity index (χ1n) is 7.42. The SMILES string of the molecule is CCCCCCCCC([N+](=O)[O-])S(=O)(=O)c1ccccc1. The maximum Gasteiger partial charge on any atom is 0.314 e. The van der Waals surface area contributed by atoms with E-state index >= 15 is 0 Å². The van der Waals surface area contributed by atoms with Gasteiger partial charge in [0, 0.05) is 11.3 Å². The van der Waals surface area contributed by atoms with Gasteiger partial charge in [-0.3, -0.25) is 10.1 Å². The molecule has 1 rings (SSSR count). The van der Waals surface area contributed by atoms with Crippen molar-refractivity contribution in [3.63, 3.8) is 0 Å². The van der Waals surface area contributed by atoms with Crippen molar-refractivity contribution in [1.82, 2.24) is 0 Å². The molecule has 0 radical (unpaired) electrons. The average Bonchev–Trinajstić information content (AvgIpc) is 2.46. The Morgan fingerprint density at radius 1 is 1.05 bits per heavy atom. The Bertz CT molecular complexity index is 528. The smallest absolute Gasteiger partial charge is 0.263 e. The highest BCUT2D eigenvalue weighted by Crippen LogP contribution is 2.21. The van der Waals surface area contributed by atoms with Crippen LogP contribution in [0.15, 0.2) is 35.2 Å². The summed E-state index contributed by atoms with van der Waals surface area (Å²) in [5.41, 5.74) is 0. The summed E-state index contributed by atoms with van der Waals surface area (Å²) in [4.78, 5) is 10.5. The highest BCUT2D eigenvalue weighted by Gasteiger charge is 2.36. The summed E-state index contributed by atoms with van der Waals surface area (Å²) in [7, 11) is -3.90. The van der Waals surface area contributed by atoms with E-state index in [9.17, 15) is 18.5 Å². The van der Waals surface area contributed by atoms with Crippen LogP contribution in [0.5, 0.6) is 0 Å². The zero-order valence-electron chi connectivity index (χ0n) is 12.4. The minimum atomic E-state index is -3.90. The molecule has 0 amide bonds. The second-order valence-corrected chi connectivity index (χ2v) is 7.26. The van der Waals surface area contributed by atoms with Crippen molar-refractivity contribution in [2.45, 2.75) is 62.1 Å². The number of unbranched alkanes of at least 4 members (excludes halogenated alkanes) is 5. The van der Waals surface area contributed by atoms with Gasteiger partial charge in [-0.25, -0.2) is 8.42 Å². The lowest BCUT2D eigenvalue weighted by Gasteiger charge is -2.10. The van der Waals surface area contributed by atoms with Crippen molar-refractivity contribution < 1.29 is 13.3 Å². The Hall–Kier alpha value is -1.43. The molecule has 0 aromatic heterocycles. The molecule has 0 saturated carbocycles. The number of nitro groups is 1. The fourth-order valence-electron chi connectivity index (χ4n) is 2.24. The van der Waals surface area contributed by atoms with Crippen LogP contribution in [0.1, 0.15) is 51.9 Å². The Labute approximate surface area is 126 Å². The number of nitrogens with zero attached hydrogens (tertiary/aromatic N) is 1. The van der Waals surface area contributed by atoms with Crippen LogP contribution in [0.25, 0.3) is 0 Å². The van der Waals surface area contributed by atoms with Gasteiger partial charge in [0.2, 0.25) is 9.84 Å². The van der Waals surface area contributed by atoms with Gasteiger partial charge in [0.25, 0.3) is 0 Å². The molecule has 118 valence electrons. The van der Waals surface area contributed by atoms with Gasteiger partial charge in [-0.1, -0.05) is 57.2 Å². The normalized spacial score (nSPS) is 13.0. The third kappa shape index (κ3) is 5.46. The second kappa shape index (κ2) is 8.77. The van der Waals surface area contributed by atoms with E-state index in [1.54, 1.807) is 18.2 Å². The summed E-state index contributed by atoms with van der Waals surface area (Å²) in [6, 6.07) is 7.66. The van der Waals surface area contributed by atoms with Crippen molar-refractivity contribution in [2.75, 3.05) is 0 Å². The van der Waals surface area contributed by atoms with Crippen molar-refractivity contribution in [3.05, 3.63) is 40.4 Å². The van der Waals surface area contributed by atoms with Crippen LogP contribution in [-0.2, 0) is 9.84 Å². The van der Waals surface area contributed by atoms with Gasteiger partial charge in [-0.2, -0.15) is 0 Å². The lowest BCUT2D eigenvalue weighted by molar-refractivity contribution is -0.498. The molecular weight excluding hydrogens is 290 g/mol. The van der Waals surface area contributed by atoms with Crippen LogP contribution in [0.3, 0.4) is 0 Å². The fraction of sp³-hybridized carbons (Fsp3) is 0.600. The average molecular weight is 313 g/mol. The molecule has 0 N–H and O–H groups in total. The number of hydrogen-bond acceptors (Lipinski definition) is 4. The van der Waals surface area contributed by atoms with Crippen LogP contribution in [0, 0.1) is 10.1 Å². The van der Waals surface area contributed by atoms with E-state index in [-0.39, 0.29) is 11.3 Å². The molecule has 21 heavy (non-hydrogen) atoms. The molecule has 1 aromatic carbocycles. The van der Waals surface area contributed by atoms with E-state index < -0.39 is 20.1 Å². The van der Waals surface area contributed by atoms with Gasteiger partial charge in [0.05, 0.1) is 4.90 Å². The summed E-state index contributed by atoms with van der Waals surface area (Å²) in [5, 5.41) is 9.58. The largest absolute Gasteiger partial charge is 0.314 e. The van der Waals surface area contributed by atoms with Crippen molar-refractivity contribution >= 4 is 9.84 Å². The molecule has 0 spiro atoms. The molecule has 0 saturated heterocycles. The first-order valence-corrected chi connectivity index (χ1v) is 8.97. The molecule has 0 aliphatic heterocycles. The van der Waals surface area contributed by atoms with Gasteiger partial charge in [-0.15, -0.1) is 0 Å². The summed E-state index contributed by atoms with van der Waals surface area (Å²) in [5.74, 6) is 0. The molecule has 6 heteroatoms. The molecule has 0 aliphatic carbocycles. The minimum absolute atomic E-state index is 0.0256. The first kappa shape index (κ1) is 17.6. The minimum Gasteiger partial charge on any atom is -0.263 e. The van der Waals surface area contributed by atoms with Crippen molar-refractivity contribution in [2.24, 2.45) is 0 Å². The van der Waals surface area contributed by atoms with Gasteiger partial charge >= 0.3 is 5.37 Å². The third-order valence-electron chi connectivity index (χ3n) is 3.47. The zero-order valence-corrected chi connectivity index (χ0v) is 13.2. The lowest BCUT2D eigenvalue weighted by Crippen LogP contribution is -2.29. The first-order chi connectivity index (χ1) is 10.00. The molecule has 0 aliphatic rings. The predicted octanol–water partition coefficient (Wildman–Crippen LogP) is 3.81. The van der Waals surface area contributed by atoms with Gasteiger partial charge in [0.15, 0.2) is 0 Å². The summed E-state index contributed by atoms with van der Waals surface area (Å²) in [6.07, 6.45) is 5.89. The Morgan fingerprint density at radius 2 is 1.62 bits per heavy atom. The van der Waals surface area contributed by atoms with Gasteiger partial charge in [0.1, 0.15) is 0 Å². The molecule has 1 aromatic rings. The van der Waals surface area contributed by atoms with E-state index in [0.29, 0.717) is 6.42 Å². The Balaban J connectivity index is 2.63. The van der Waals surface area contributed by atoms with Crippen molar-refractivity contribution in [1.29, 1.82) is 0 Å². The van der Waals surface area contributed by atoms with Crippen molar-refractivity contribution in [3.8, 4) is 0 Å². The molecule has 1 atom stereocenters. The molecule has 5 nitrogen and oxygen atoms in total. The molecular formula is C15H23NO4S. The second-order valence-electron chi connectivity index (χ2n) is 5.15. The van der Waals surface area contributed by atoms with E-state index in [4.69, 9.17) is 0 Å². The van der Waals surface area contributed by atoms with Crippen LogP contribution < -0.4 is 0 Å². The number of sulfone groups is 1. The Kier molecular flexibility index (Phi) is 7.36. The molecule has 0 fully saturated rings. The number of rotatable bonds is 10. The van der Waals surface area contributed by atoms with Crippen LogP contribution in [0.4, 0.5) is 0 Å².